The van der Waals surface area contributed by atoms with E-state index in [0.717, 1.165) is 5.75 Å². The van der Waals surface area contributed by atoms with Crippen LogP contribution in [0.4, 0.5) is 0 Å². The Hall–Kier alpha value is -0.470. The molecule has 1 heterocycles. The third-order valence-electron chi connectivity index (χ3n) is 2.11. The van der Waals surface area contributed by atoms with Gasteiger partial charge in [-0.15, -0.1) is 11.3 Å². The van der Waals surface area contributed by atoms with Crippen LogP contribution in [0, 0.1) is 6.92 Å². The molecule has 0 N–H and O–H groups in total. The van der Waals surface area contributed by atoms with Crippen LogP contribution in [0.25, 0.3) is 10.1 Å². The molecule has 0 atom stereocenters. The maximum atomic E-state index is 2.28. The van der Waals surface area contributed by atoms with Crippen LogP contribution < -0.4 is 0 Å². The Labute approximate surface area is 87.0 Å². The first-order valence-corrected chi connectivity index (χ1v) is 6.54. The van der Waals surface area contributed by atoms with E-state index in [9.17, 15) is 0 Å². The lowest BCUT2D eigenvalue weighted by molar-refractivity contribution is 1.49. The first-order chi connectivity index (χ1) is 6.31. The molecular weight excluding hydrogens is 196 g/mol. The molecule has 2 rings (SSSR count). The standard InChI is InChI=1S/C11H12S2/c1-8-3-4-10-9(6-12-2)7-13-11(10)5-8/h3-5,7H,6H2,1-2H3. The van der Waals surface area contributed by atoms with Crippen LogP contribution in [0.5, 0.6) is 0 Å². The molecule has 13 heavy (non-hydrogen) atoms. The van der Waals surface area contributed by atoms with Crippen molar-refractivity contribution in [3.8, 4) is 0 Å². The lowest BCUT2D eigenvalue weighted by Crippen LogP contribution is -1.76. The summed E-state index contributed by atoms with van der Waals surface area (Å²) in [7, 11) is 0. The van der Waals surface area contributed by atoms with Gasteiger partial charge in [0.05, 0.1) is 0 Å². The van der Waals surface area contributed by atoms with Gasteiger partial charge in [0.2, 0.25) is 0 Å². The quantitative estimate of drug-likeness (QED) is 0.717. The molecule has 0 saturated heterocycles. The number of benzene rings is 1. The normalized spacial score (nSPS) is 10.9. The summed E-state index contributed by atoms with van der Waals surface area (Å²) in [6.07, 6.45) is 2.15. The highest BCUT2D eigenvalue weighted by molar-refractivity contribution is 7.97. The average molecular weight is 208 g/mol. The molecule has 0 fully saturated rings. The number of rotatable bonds is 2. The molecule has 0 saturated carbocycles. The zero-order valence-corrected chi connectivity index (χ0v) is 9.47. The molecule has 0 aliphatic heterocycles. The van der Waals surface area contributed by atoms with Gasteiger partial charge in [0.25, 0.3) is 0 Å². The van der Waals surface area contributed by atoms with Crippen LogP contribution in [0.2, 0.25) is 0 Å². The number of hydrogen-bond donors (Lipinski definition) is 0. The Morgan fingerprint density at radius 1 is 1.38 bits per heavy atom. The van der Waals surface area contributed by atoms with Crippen LogP contribution in [-0.2, 0) is 5.75 Å². The van der Waals surface area contributed by atoms with Crippen molar-refractivity contribution in [2.24, 2.45) is 0 Å². The van der Waals surface area contributed by atoms with E-state index in [1.165, 1.54) is 21.2 Å². The summed E-state index contributed by atoms with van der Waals surface area (Å²) in [5.41, 5.74) is 2.83. The summed E-state index contributed by atoms with van der Waals surface area (Å²) in [5.74, 6) is 1.13. The van der Waals surface area contributed by atoms with Crippen LogP contribution >= 0.6 is 23.1 Å². The SMILES string of the molecule is CSCc1csc2cc(C)ccc12. The molecule has 1 aromatic heterocycles. The van der Waals surface area contributed by atoms with E-state index < -0.39 is 0 Å². The molecule has 1 aromatic carbocycles. The van der Waals surface area contributed by atoms with Crippen LogP contribution in [0.1, 0.15) is 11.1 Å². The van der Waals surface area contributed by atoms with Gasteiger partial charge in [-0.25, -0.2) is 0 Å². The molecular formula is C11H12S2. The summed E-state index contributed by atoms with van der Waals surface area (Å²) in [4.78, 5) is 0. The predicted molar refractivity (Wildman–Crippen MR) is 63.8 cm³/mol. The van der Waals surface area contributed by atoms with Crippen molar-refractivity contribution in [1.82, 2.24) is 0 Å². The number of thiophene rings is 1. The highest BCUT2D eigenvalue weighted by Gasteiger charge is 2.02. The lowest BCUT2D eigenvalue weighted by atomic mass is 10.1. The van der Waals surface area contributed by atoms with E-state index in [2.05, 4.69) is 36.8 Å². The first kappa shape index (κ1) is 9.10. The minimum absolute atomic E-state index is 1.13. The van der Waals surface area contributed by atoms with Gasteiger partial charge in [-0.1, -0.05) is 12.1 Å². The highest BCUT2D eigenvalue weighted by atomic mass is 32.2. The highest BCUT2D eigenvalue weighted by Crippen LogP contribution is 2.28. The predicted octanol–water partition coefficient (Wildman–Crippen LogP) is 4.07. The van der Waals surface area contributed by atoms with Gasteiger partial charge in [-0.2, -0.15) is 11.8 Å². The molecule has 2 aromatic rings. The topological polar surface area (TPSA) is 0 Å². The Morgan fingerprint density at radius 2 is 2.23 bits per heavy atom. The van der Waals surface area contributed by atoms with E-state index in [4.69, 9.17) is 0 Å². The Balaban J connectivity index is 2.55. The first-order valence-electron chi connectivity index (χ1n) is 4.27. The summed E-state index contributed by atoms with van der Waals surface area (Å²) >= 11 is 3.74. The summed E-state index contributed by atoms with van der Waals surface area (Å²) in [5, 5.41) is 3.71. The zero-order valence-electron chi connectivity index (χ0n) is 7.83. The van der Waals surface area contributed by atoms with Crippen molar-refractivity contribution < 1.29 is 0 Å². The molecule has 2 heteroatoms. The number of aryl methyl sites for hydroxylation is 1. The molecule has 0 nitrogen and oxygen atoms in total. The van der Waals surface area contributed by atoms with Gasteiger partial charge in [0.15, 0.2) is 0 Å². The van der Waals surface area contributed by atoms with Crippen molar-refractivity contribution in [1.29, 1.82) is 0 Å². The smallest absolute Gasteiger partial charge is 0.0348 e. The second kappa shape index (κ2) is 3.72. The minimum atomic E-state index is 1.13. The van der Waals surface area contributed by atoms with Crippen molar-refractivity contribution in [2.75, 3.05) is 6.26 Å². The maximum absolute atomic E-state index is 2.28. The van der Waals surface area contributed by atoms with Crippen molar-refractivity contribution >= 4 is 33.2 Å². The van der Waals surface area contributed by atoms with E-state index in [1.807, 2.05) is 23.1 Å². The average Bonchev–Trinajstić information content (AvgIpc) is 2.49. The molecule has 0 radical (unpaired) electrons. The van der Waals surface area contributed by atoms with Gasteiger partial charge in [-0.3, -0.25) is 0 Å². The second-order valence-corrected chi connectivity index (χ2v) is 4.97. The van der Waals surface area contributed by atoms with E-state index in [0.29, 0.717) is 0 Å². The molecule has 0 spiro atoms. The fraction of sp³-hybridized carbons (Fsp3) is 0.273. The van der Waals surface area contributed by atoms with Gasteiger partial charge in [-0.05, 0) is 41.1 Å². The molecule has 0 aliphatic carbocycles. The lowest BCUT2D eigenvalue weighted by Gasteiger charge is -1.96. The maximum Gasteiger partial charge on any atom is 0.0348 e. The second-order valence-electron chi connectivity index (χ2n) is 3.19. The van der Waals surface area contributed by atoms with Gasteiger partial charge in [0, 0.05) is 10.5 Å². The van der Waals surface area contributed by atoms with E-state index in [-0.39, 0.29) is 0 Å². The van der Waals surface area contributed by atoms with E-state index in [1.54, 1.807) is 0 Å². The van der Waals surface area contributed by atoms with Gasteiger partial charge in [0.1, 0.15) is 0 Å². The minimum Gasteiger partial charge on any atom is -0.161 e. The van der Waals surface area contributed by atoms with E-state index >= 15 is 0 Å². The van der Waals surface area contributed by atoms with Crippen LogP contribution in [0.15, 0.2) is 23.6 Å². The molecule has 0 unspecified atom stereocenters. The number of thioether (sulfide) groups is 1. The Kier molecular flexibility index (Phi) is 2.61. The summed E-state index contributed by atoms with van der Waals surface area (Å²) < 4.78 is 1.42. The Morgan fingerprint density at radius 3 is 3.00 bits per heavy atom. The van der Waals surface area contributed by atoms with Crippen molar-refractivity contribution in [3.05, 3.63) is 34.7 Å². The van der Waals surface area contributed by atoms with Crippen molar-refractivity contribution in [3.63, 3.8) is 0 Å². The summed E-state index contributed by atoms with van der Waals surface area (Å²) in [6, 6.07) is 6.70. The van der Waals surface area contributed by atoms with Crippen molar-refractivity contribution in [2.45, 2.75) is 12.7 Å². The third kappa shape index (κ3) is 1.74. The molecule has 0 aliphatic rings. The fourth-order valence-corrected chi connectivity index (χ4v) is 3.17. The van der Waals surface area contributed by atoms with Crippen LogP contribution in [0.3, 0.4) is 0 Å². The van der Waals surface area contributed by atoms with Gasteiger partial charge >= 0.3 is 0 Å². The molecule has 0 amide bonds. The van der Waals surface area contributed by atoms with Crippen LogP contribution in [-0.4, -0.2) is 6.26 Å². The Bertz CT molecular complexity index is 415. The number of fused-ring (bicyclic) bond motifs is 1. The molecule has 0 bridgehead atoms. The molecule has 68 valence electrons. The fourth-order valence-electron chi connectivity index (χ4n) is 1.46. The number of hydrogen-bond acceptors (Lipinski definition) is 2. The third-order valence-corrected chi connectivity index (χ3v) is 3.70. The monoisotopic (exact) mass is 208 g/mol. The largest absolute Gasteiger partial charge is 0.161 e. The zero-order chi connectivity index (χ0) is 9.26. The summed E-state index contributed by atoms with van der Waals surface area (Å²) in [6.45, 7) is 2.15. The van der Waals surface area contributed by atoms with Gasteiger partial charge < -0.3 is 0 Å².